The first-order valence-electron chi connectivity index (χ1n) is 8.12. The predicted octanol–water partition coefficient (Wildman–Crippen LogP) is 0.294. The Morgan fingerprint density at radius 2 is 2.24 bits per heavy atom. The molecule has 2 aromatic rings. The molecular formula is C16H21N5O4. The van der Waals surface area contributed by atoms with Gasteiger partial charge in [-0.25, -0.2) is 9.97 Å². The predicted molar refractivity (Wildman–Crippen MR) is 86.5 cm³/mol. The van der Waals surface area contributed by atoms with Gasteiger partial charge in [-0.05, 0) is 0 Å². The summed E-state index contributed by atoms with van der Waals surface area (Å²) in [7, 11) is 0. The molecule has 0 radical (unpaired) electrons. The Morgan fingerprint density at radius 1 is 1.40 bits per heavy atom. The molecule has 1 aliphatic rings. The van der Waals surface area contributed by atoms with Gasteiger partial charge in [-0.2, -0.15) is 0 Å². The number of carboxylic acids is 1. The fourth-order valence-corrected chi connectivity index (χ4v) is 2.97. The lowest BCUT2D eigenvalue weighted by Gasteiger charge is -2.21. The summed E-state index contributed by atoms with van der Waals surface area (Å²) in [6.07, 6.45) is 4.89. The molecule has 1 fully saturated rings. The van der Waals surface area contributed by atoms with Crippen molar-refractivity contribution >= 4 is 11.9 Å². The average Bonchev–Trinajstić information content (AvgIpc) is 3.15. The fraction of sp³-hybridized carbons (Fsp3) is 0.500. The molecule has 0 bridgehead atoms. The highest BCUT2D eigenvalue weighted by Crippen LogP contribution is 2.14. The summed E-state index contributed by atoms with van der Waals surface area (Å²) in [6, 6.07) is 0. The van der Waals surface area contributed by atoms with E-state index in [4.69, 9.17) is 4.42 Å². The SMILES string of the molecule is Cc1nc(CN2CCN(C(=O)Cc3cnc[nH]3)C[C@@H](C(=O)O)C2)co1. The van der Waals surface area contributed by atoms with Crippen molar-refractivity contribution in [1.82, 2.24) is 24.8 Å². The molecule has 1 amide bonds. The second kappa shape index (κ2) is 7.47. The van der Waals surface area contributed by atoms with Gasteiger partial charge >= 0.3 is 5.97 Å². The standard InChI is InChI=1S/C16H21N5O4/c1-11-19-14(9-25-11)8-20-2-3-21(7-12(6-20)16(23)24)15(22)4-13-5-17-10-18-13/h5,9-10,12H,2-4,6-8H2,1H3,(H,17,18)(H,23,24)/t12-/m0/s1. The van der Waals surface area contributed by atoms with Crippen molar-refractivity contribution in [2.24, 2.45) is 5.92 Å². The number of hydrogen-bond acceptors (Lipinski definition) is 6. The van der Waals surface area contributed by atoms with Crippen molar-refractivity contribution in [2.45, 2.75) is 19.9 Å². The first kappa shape index (κ1) is 17.2. The number of hydrogen-bond donors (Lipinski definition) is 2. The summed E-state index contributed by atoms with van der Waals surface area (Å²) in [5.41, 5.74) is 1.48. The van der Waals surface area contributed by atoms with Crippen molar-refractivity contribution in [1.29, 1.82) is 0 Å². The third-order valence-electron chi connectivity index (χ3n) is 4.26. The monoisotopic (exact) mass is 347 g/mol. The first-order chi connectivity index (χ1) is 12.0. The molecule has 3 heterocycles. The molecule has 1 saturated heterocycles. The summed E-state index contributed by atoms with van der Waals surface area (Å²) < 4.78 is 5.20. The molecule has 1 aliphatic heterocycles. The number of oxazole rings is 1. The number of aryl methyl sites for hydroxylation is 1. The normalized spacial score (nSPS) is 18.9. The topological polar surface area (TPSA) is 116 Å². The van der Waals surface area contributed by atoms with Crippen LogP contribution in [0, 0.1) is 12.8 Å². The lowest BCUT2D eigenvalue weighted by molar-refractivity contribution is -0.143. The van der Waals surface area contributed by atoms with E-state index >= 15 is 0 Å². The molecular weight excluding hydrogens is 326 g/mol. The van der Waals surface area contributed by atoms with Crippen LogP contribution in [-0.4, -0.2) is 67.9 Å². The second-order valence-electron chi connectivity index (χ2n) is 6.22. The summed E-state index contributed by atoms with van der Waals surface area (Å²) >= 11 is 0. The van der Waals surface area contributed by atoms with Crippen molar-refractivity contribution in [3.05, 3.63) is 36.1 Å². The van der Waals surface area contributed by atoms with E-state index in [1.54, 1.807) is 24.3 Å². The highest BCUT2D eigenvalue weighted by molar-refractivity contribution is 5.79. The van der Waals surface area contributed by atoms with Crippen molar-refractivity contribution in [3.63, 3.8) is 0 Å². The van der Waals surface area contributed by atoms with Gasteiger partial charge in [0.05, 0.1) is 24.4 Å². The van der Waals surface area contributed by atoms with Crippen LogP contribution in [0.1, 0.15) is 17.3 Å². The van der Waals surface area contributed by atoms with Crippen molar-refractivity contribution < 1.29 is 19.1 Å². The summed E-state index contributed by atoms with van der Waals surface area (Å²) in [6.45, 7) is 3.91. The van der Waals surface area contributed by atoms with Crippen LogP contribution in [0.5, 0.6) is 0 Å². The Labute approximate surface area is 144 Å². The third-order valence-corrected chi connectivity index (χ3v) is 4.26. The quantitative estimate of drug-likeness (QED) is 0.799. The zero-order valence-electron chi connectivity index (χ0n) is 14.0. The summed E-state index contributed by atoms with van der Waals surface area (Å²) in [5.74, 6) is -1.06. The number of amides is 1. The maximum absolute atomic E-state index is 12.5. The Kier molecular flexibility index (Phi) is 5.13. The van der Waals surface area contributed by atoms with Gasteiger partial charge in [-0.1, -0.05) is 0 Å². The van der Waals surface area contributed by atoms with Gasteiger partial charge in [0.2, 0.25) is 5.91 Å². The van der Waals surface area contributed by atoms with Gasteiger partial charge in [-0.3, -0.25) is 14.5 Å². The minimum Gasteiger partial charge on any atom is -0.481 e. The molecule has 3 rings (SSSR count). The van der Waals surface area contributed by atoms with Crippen LogP contribution in [0.25, 0.3) is 0 Å². The number of aromatic nitrogens is 3. The maximum atomic E-state index is 12.5. The van der Waals surface area contributed by atoms with Crippen molar-refractivity contribution in [3.8, 4) is 0 Å². The lowest BCUT2D eigenvalue weighted by Crippen LogP contribution is -2.38. The van der Waals surface area contributed by atoms with Crippen LogP contribution in [0.3, 0.4) is 0 Å². The van der Waals surface area contributed by atoms with Crippen LogP contribution >= 0.6 is 0 Å². The Bertz CT molecular complexity index is 727. The number of nitrogens with one attached hydrogen (secondary N) is 1. The largest absolute Gasteiger partial charge is 0.481 e. The first-order valence-corrected chi connectivity index (χ1v) is 8.12. The van der Waals surface area contributed by atoms with Gasteiger partial charge in [0.15, 0.2) is 5.89 Å². The third kappa shape index (κ3) is 4.44. The van der Waals surface area contributed by atoms with Crippen molar-refractivity contribution in [2.75, 3.05) is 26.2 Å². The molecule has 9 nitrogen and oxygen atoms in total. The molecule has 0 aromatic carbocycles. The van der Waals surface area contributed by atoms with Crippen LogP contribution in [0.4, 0.5) is 0 Å². The van der Waals surface area contributed by atoms with Gasteiger partial charge in [0.25, 0.3) is 0 Å². The van der Waals surface area contributed by atoms with Crippen LogP contribution in [0.2, 0.25) is 0 Å². The molecule has 2 aromatic heterocycles. The number of imidazole rings is 1. The molecule has 0 unspecified atom stereocenters. The summed E-state index contributed by atoms with van der Waals surface area (Å²) in [5, 5.41) is 9.49. The molecule has 134 valence electrons. The van der Waals surface area contributed by atoms with E-state index in [2.05, 4.69) is 15.0 Å². The van der Waals surface area contributed by atoms with E-state index < -0.39 is 11.9 Å². The van der Waals surface area contributed by atoms with Crippen LogP contribution in [-0.2, 0) is 22.6 Å². The molecule has 0 saturated carbocycles. The number of H-pyrrole nitrogens is 1. The molecule has 1 atom stereocenters. The smallest absolute Gasteiger partial charge is 0.309 e. The van der Waals surface area contributed by atoms with E-state index in [0.29, 0.717) is 32.1 Å². The Morgan fingerprint density at radius 3 is 2.88 bits per heavy atom. The average molecular weight is 347 g/mol. The van der Waals surface area contributed by atoms with Gasteiger partial charge < -0.3 is 19.4 Å². The number of nitrogens with zero attached hydrogens (tertiary/aromatic N) is 4. The van der Waals surface area contributed by atoms with E-state index in [9.17, 15) is 14.7 Å². The minimum atomic E-state index is -0.900. The number of aromatic amines is 1. The number of carboxylic acid groups (broad SMARTS) is 1. The Hall–Kier alpha value is -2.68. The van der Waals surface area contributed by atoms with E-state index in [1.165, 1.54) is 6.33 Å². The molecule has 0 spiro atoms. The fourth-order valence-electron chi connectivity index (χ4n) is 2.97. The second-order valence-corrected chi connectivity index (χ2v) is 6.22. The number of aliphatic carboxylic acids is 1. The zero-order valence-corrected chi connectivity index (χ0v) is 14.0. The highest BCUT2D eigenvalue weighted by Gasteiger charge is 2.30. The highest BCUT2D eigenvalue weighted by atomic mass is 16.4. The zero-order chi connectivity index (χ0) is 17.8. The number of carbonyl (C=O) groups is 2. The van der Waals surface area contributed by atoms with Crippen LogP contribution in [0.15, 0.2) is 23.2 Å². The number of rotatable bonds is 5. The van der Waals surface area contributed by atoms with Crippen LogP contribution < -0.4 is 0 Å². The molecule has 9 heteroatoms. The molecule has 25 heavy (non-hydrogen) atoms. The molecule has 0 aliphatic carbocycles. The Balaban J connectivity index is 1.66. The maximum Gasteiger partial charge on any atom is 0.309 e. The van der Waals surface area contributed by atoms with E-state index in [-0.39, 0.29) is 18.9 Å². The molecule has 2 N–H and O–H groups in total. The summed E-state index contributed by atoms with van der Waals surface area (Å²) in [4.78, 5) is 38.7. The van der Waals surface area contributed by atoms with E-state index in [1.807, 2.05) is 4.90 Å². The number of carbonyl (C=O) groups excluding carboxylic acids is 1. The van der Waals surface area contributed by atoms with Gasteiger partial charge in [-0.15, -0.1) is 0 Å². The van der Waals surface area contributed by atoms with E-state index in [0.717, 1.165) is 11.4 Å². The van der Waals surface area contributed by atoms with Gasteiger partial charge in [0.1, 0.15) is 6.26 Å². The lowest BCUT2D eigenvalue weighted by atomic mass is 10.1. The minimum absolute atomic E-state index is 0.102. The van der Waals surface area contributed by atoms with Gasteiger partial charge in [0, 0.05) is 51.5 Å².